The minimum atomic E-state index is -0.343. The number of carbonyl (C=O) groups excluding carboxylic acids is 1. The summed E-state index contributed by atoms with van der Waals surface area (Å²) >= 11 is 17.7. The van der Waals surface area contributed by atoms with Crippen LogP contribution in [0.2, 0.25) is 15.1 Å². The standard InChI is InChI=1S/C14H11Cl3N2O/c15-10-6-5-9(7-12(10)17)8-18-14(20)19-13-4-2-1-3-11(13)16/h1-7H,8H2,(H2,18,19,20). The van der Waals surface area contributed by atoms with Crippen molar-refractivity contribution in [2.75, 3.05) is 5.32 Å². The molecule has 2 aromatic carbocycles. The van der Waals surface area contributed by atoms with Gasteiger partial charge in [0.25, 0.3) is 0 Å². The summed E-state index contributed by atoms with van der Waals surface area (Å²) in [4.78, 5) is 11.7. The number of carbonyl (C=O) groups is 1. The minimum absolute atomic E-state index is 0.340. The Hall–Kier alpha value is -1.42. The van der Waals surface area contributed by atoms with E-state index in [1.807, 2.05) is 0 Å². The van der Waals surface area contributed by atoms with Crippen molar-refractivity contribution in [2.24, 2.45) is 0 Å². The summed E-state index contributed by atoms with van der Waals surface area (Å²) in [6, 6.07) is 11.9. The second kappa shape index (κ2) is 6.84. The van der Waals surface area contributed by atoms with E-state index in [4.69, 9.17) is 34.8 Å². The number of anilines is 1. The third-order valence-electron chi connectivity index (χ3n) is 2.56. The molecule has 0 saturated heterocycles. The lowest BCUT2D eigenvalue weighted by molar-refractivity contribution is 0.251. The van der Waals surface area contributed by atoms with Crippen molar-refractivity contribution in [2.45, 2.75) is 6.54 Å². The van der Waals surface area contributed by atoms with Crippen LogP contribution in [0.5, 0.6) is 0 Å². The van der Waals surface area contributed by atoms with E-state index in [0.29, 0.717) is 27.3 Å². The van der Waals surface area contributed by atoms with Crippen molar-refractivity contribution in [3.05, 3.63) is 63.1 Å². The number of para-hydroxylation sites is 1. The molecule has 2 rings (SSSR count). The quantitative estimate of drug-likeness (QED) is 0.820. The topological polar surface area (TPSA) is 41.1 Å². The lowest BCUT2D eigenvalue weighted by Gasteiger charge is -2.09. The van der Waals surface area contributed by atoms with E-state index in [1.165, 1.54) is 0 Å². The summed E-state index contributed by atoms with van der Waals surface area (Å²) in [5.74, 6) is 0. The van der Waals surface area contributed by atoms with E-state index >= 15 is 0 Å². The lowest BCUT2D eigenvalue weighted by Crippen LogP contribution is -2.28. The van der Waals surface area contributed by atoms with Gasteiger partial charge < -0.3 is 10.6 Å². The van der Waals surface area contributed by atoms with Gasteiger partial charge in [0.15, 0.2) is 0 Å². The Morgan fingerprint density at radius 3 is 2.40 bits per heavy atom. The second-order valence-corrected chi connectivity index (χ2v) is 5.26. The molecule has 20 heavy (non-hydrogen) atoms. The number of halogens is 3. The molecule has 0 aliphatic heterocycles. The molecule has 0 spiro atoms. The van der Waals surface area contributed by atoms with Crippen LogP contribution < -0.4 is 10.6 Å². The summed E-state index contributed by atoms with van der Waals surface area (Å²) in [6.07, 6.45) is 0. The van der Waals surface area contributed by atoms with Crippen molar-refractivity contribution in [3.8, 4) is 0 Å². The molecule has 6 heteroatoms. The fraction of sp³-hybridized carbons (Fsp3) is 0.0714. The Balaban J connectivity index is 1.92. The highest BCUT2D eigenvalue weighted by Crippen LogP contribution is 2.23. The maximum Gasteiger partial charge on any atom is 0.319 e. The first kappa shape index (κ1) is 15.0. The fourth-order valence-corrected chi connectivity index (χ4v) is 2.06. The van der Waals surface area contributed by atoms with E-state index in [1.54, 1.807) is 42.5 Å². The van der Waals surface area contributed by atoms with Crippen molar-refractivity contribution in [1.82, 2.24) is 5.32 Å². The number of benzene rings is 2. The first-order valence-corrected chi connectivity index (χ1v) is 6.93. The van der Waals surface area contributed by atoms with Crippen molar-refractivity contribution in [3.63, 3.8) is 0 Å². The highest BCUT2D eigenvalue weighted by atomic mass is 35.5. The van der Waals surface area contributed by atoms with Crippen LogP contribution in [0.25, 0.3) is 0 Å². The number of hydrogen-bond acceptors (Lipinski definition) is 1. The first-order chi connectivity index (χ1) is 9.56. The number of hydrogen-bond donors (Lipinski definition) is 2. The second-order valence-electron chi connectivity index (χ2n) is 4.04. The monoisotopic (exact) mass is 328 g/mol. The predicted molar refractivity (Wildman–Crippen MR) is 83.8 cm³/mol. The molecule has 0 heterocycles. The van der Waals surface area contributed by atoms with Crippen LogP contribution in [0.15, 0.2) is 42.5 Å². The largest absolute Gasteiger partial charge is 0.334 e. The maximum atomic E-state index is 11.7. The minimum Gasteiger partial charge on any atom is -0.334 e. The summed E-state index contributed by atoms with van der Waals surface area (Å²) in [7, 11) is 0. The predicted octanol–water partition coefficient (Wildman–Crippen LogP) is 4.97. The van der Waals surface area contributed by atoms with E-state index in [-0.39, 0.29) is 6.03 Å². The van der Waals surface area contributed by atoms with Gasteiger partial charge in [-0.3, -0.25) is 0 Å². The molecule has 0 bridgehead atoms. The molecule has 0 atom stereocenters. The molecule has 104 valence electrons. The third kappa shape index (κ3) is 4.04. The molecular weight excluding hydrogens is 319 g/mol. The summed E-state index contributed by atoms with van der Waals surface area (Å²) < 4.78 is 0. The van der Waals surface area contributed by atoms with Crippen molar-refractivity contribution in [1.29, 1.82) is 0 Å². The Morgan fingerprint density at radius 2 is 1.70 bits per heavy atom. The normalized spacial score (nSPS) is 10.2. The highest BCUT2D eigenvalue weighted by Gasteiger charge is 2.05. The molecule has 0 aliphatic rings. The van der Waals surface area contributed by atoms with Gasteiger partial charge in [0, 0.05) is 6.54 Å². The smallest absolute Gasteiger partial charge is 0.319 e. The van der Waals surface area contributed by atoms with Crippen LogP contribution in [-0.4, -0.2) is 6.03 Å². The van der Waals surface area contributed by atoms with E-state index in [0.717, 1.165) is 5.56 Å². The van der Waals surface area contributed by atoms with Gasteiger partial charge in [0.1, 0.15) is 0 Å². The first-order valence-electron chi connectivity index (χ1n) is 5.79. The molecule has 0 aromatic heterocycles. The van der Waals surface area contributed by atoms with Gasteiger partial charge in [-0.25, -0.2) is 4.79 Å². The average molecular weight is 330 g/mol. The van der Waals surface area contributed by atoms with Crippen LogP contribution in [0.4, 0.5) is 10.5 Å². The van der Waals surface area contributed by atoms with Gasteiger partial charge in [-0.1, -0.05) is 53.0 Å². The summed E-state index contributed by atoms with van der Waals surface area (Å²) in [5, 5.41) is 6.80. The SMILES string of the molecule is O=C(NCc1ccc(Cl)c(Cl)c1)Nc1ccccc1Cl. The molecule has 2 N–H and O–H groups in total. The number of amides is 2. The Kier molecular flexibility index (Phi) is 5.12. The lowest BCUT2D eigenvalue weighted by atomic mass is 10.2. The number of rotatable bonds is 3. The summed E-state index contributed by atoms with van der Waals surface area (Å²) in [6.45, 7) is 0.340. The molecule has 0 unspecified atom stereocenters. The number of nitrogens with one attached hydrogen (secondary N) is 2. The zero-order valence-electron chi connectivity index (χ0n) is 10.3. The molecular formula is C14H11Cl3N2O. The van der Waals surface area contributed by atoms with Gasteiger partial charge >= 0.3 is 6.03 Å². The van der Waals surface area contributed by atoms with Crippen LogP contribution in [0.3, 0.4) is 0 Å². The van der Waals surface area contributed by atoms with Crippen LogP contribution in [-0.2, 0) is 6.54 Å². The van der Waals surface area contributed by atoms with Gasteiger partial charge in [0.2, 0.25) is 0 Å². The van der Waals surface area contributed by atoms with Crippen molar-refractivity contribution >= 4 is 46.5 Å². The molecule has 2 aromatic rings. The van der Waals surface area contributed by atoms with Gasteiger partial charge in [-0.05, 0) is 29.8 Å². The maximum absolute atomic E-state index is 11.7. The molecule has 2 amide bonds. The Labute approximate surface area is 131 Å². The van der Waals surface area contributed by atoms with E-state index in [9.17, 15) is 4.79 Å². The van der Waals surface area contributed by atoms with Crippen LogP contribution in [0.1, 0.15) is 5.56 Å². The fourth-order valence-electron chi connectivity index (χ4n) is 1.56. The molecule has 0 fully saturated rings. The van der Waals surface area contributed by atoms with Crippen LogP contribution in [0, 0.1) is 0 Å². The van der Waals surface area contributed by atoms with Gasteiger partial charge in [0.05, 0.1) is 20.8 Å². The number of urea groups is 1. The molecule has 0 radical (unpaired) electrons. The van der Waals surface area contributed by atoms with Gasteiger partial charge in [-0.15, -0.1) is 0 Å². The van der Waals surface area contributed by atoms with Gasteiger partial charge in [-0.2, -0.15) is 0 Å². The third-order valence-corrected chi connectivity index (χ3v) is 3.63. The molecule has 3 nitrogen and oxygen atoms in total. The van der Waals surface area contributed by atoms with Crippen molar-refractivity contribution < 1.29 is 4.79 Å². The molecule has 0 aliphatic carbocycles. The zero-order chi connectivity index (χ0) is 14.5. The highest BCUT2D eigenvalue weighted by molar-refractivity contribution is 6.42. The van der Waals surface area contributed by atoms with Crippen LogP contribution >= 0.6 is 34.8 Å². The molecule has 0 saturated carbocycles. The zero-order valence-corrected chi connectivity index (χ0v) is 12.6. The summed E-state index contributed by atoms with van der Waals surface area (Å²) in [5.41, 5.74) is 1.41. The van der Waals surface area contributed by atoms with E-state index in [2.05, 4.69) is 10.6 Å². The Morgan fingerprint density at radius 1 is 0.950 bits per heavy atom. The Bertz CT molecular complexity index is 632. The van der Waals surface area contributed by atoms with E-state index < -0.39 is 0 Å². The average Bonchev–Trinajstić information content (AvgIpc) is 2.43.